The molecule has 2 aliphatic rings. The largest absolute Gasteiger partial charge is 0.321 e. The van der Waals surface area contributed by atoms with Crippen LogP contribution in [0.2, 0.25) is 0 Å². The highest BCUT2D eigenvalue weighted by Gasteiger charge is 2.48. The fraction of sp³-hybridized carbons (Fsp3) is 0.583. The van der Waals surface area contributed by atoms with Gasteiger partial charge in [-0.05, 0) is 52.8 Å². The second-order valence-corrected chi connectivity index (χ2v) is 10.7. The quantitative estimate of drug-likeness (QED) is 0.743. The summed E-state index contributed by atoms with van der Waals surface area (Å²) in [6.07, 6.45) is 1.58. The molecule has 2 N–H and O–H groups in total. The number of likely N-dealkylation sites (N-methyl/N-ethyl adjacent to an activating group) is 1. The fourth-order valence-electron chi connectivity index (χ4n) is 4.81. The Morgan fingerprint density at radius 2 is 1.94 bits per heavy atom. The molecule has 0 aromatic carbocycles. The molecule has 2 aromatic rings. The Labute approximate surface area is 195 Å². The number of H-pyrrole nitrogens is 1. The molecule has 178 valence electrons. The molecule has 0 saturated carbocycles. The number of anilines is 1. The first-order valence-electron chi connectivity index (χ1n) is 11.5. The minimum atomic E-state index is -0.581. The van der Waals surface area contributed by atoms with E-state index in [4.69, 9.17) is 0 Å². The first kappa shape index (κ1) is 23.2. The van der Waals surface area contributed by atoms with Crippen LogP contribution in [0.1, 0.15) is 63.3 Å². The normalized spacial score (nSPS) is 21.9. The van der Waals surface area contributed by atoms with E-state index in [2.05, 4.69) is 60.1 Å². The number of rotatable bonds is 3. The molecule has 2 aliphatic heterocycles. The highest BCUT2D eigenvalue weighted by molar-refractivity contribution is 6.02. The van der Waals surface area contributed by atoms with Gasteiger partial charge < -0.3 is 15.1 Å². The summed E-state index contributed by atoms with van der Waals surface area (Å²) in [6.45, 7) is 14.6. The molecule has 0 radical (unpaired) electrons. The number of hydrogen-bond acceptors (Lipinski definition) is 5. The van der Waals surface area contributed by atoms with Crippen molar-refractivity contribution in [3.63, 3.8) is 0 Å². The zero-order valence-electron chi connectivity index (χ0n) is 20.6. The Bertz CT molecular complexity index is 1040. The SMILES string of the molecule is CC(C)[C@H]1CN(C)C(C)(C)CN1C(=O)N1Cc2c(NC(=O)c3ccccn3)n[nH]c2C1(C)C. The summed E-state index contributed by atoms with van der Waals surface area (Å²) in [5, 5.41) is 10.3. The second kappa shape index (κ2) is 8.13. The van der Waals surface area contributed by atoms with E-state index in [1.54, 1.807) is 24.4 Å². The van der Waals surface area contributed by atoms with Crippen molar-refractivity contribution < 1.29 is 9.59 Å². The molecule has 1 saturated heterocycles. The van der Waals surface area contributed by atoms with Crippen LogP contribution in [-0.2, 0) is 12.1 Å². The Hall–Kier alpha value is -2.94. The maximum Gasteiger partial charge on any atom is 0.321 e. The number of nitrogens with zero attached hydrogens (tertiary/aromatic N) is 5. The zero-order chi connectivity index (χ0) is 24.1. The molecule has 9 nitrogen and oxygen atoms in total. The van der Waals surface area contributed by atoms with Crippen LogP contribution in [0.4, 0.5) is 10.6 Å². The van der Waals surface area contributed by atoms with Gasteiger partial charge in [0.15, 0.2) is 5.82 Å². The summed E-state index contributed by atoms with van der Waals surface area (Å²) >= 11 is 0. The summed E-state index contributed by atoms with van der Waals surface area (Å²) in [7, 11) is 2.13. The van der Waals surface area contributed by atoms with E-state index < -0.39 is 5.54 Å². The standard InChI is InChI=1S/C24H35N7O2/c1-15(2)18-13-29(7)23(3,4)14-30(18)22(33)31-12-16-19(24(31,5)6)27-28-20(16)26-21(32)17-10-8-9-11-25-17/h8-11,15,18H,12-14H2,1-7H3,(H2,26,27,28,32)/t18-/m1/s1. The monoisotopic (exact) mass is 453 g/mol. The molecule has 4 rings (SSSR count). The molecule has 33 heavy (non-hydrogen) atoms. The van der Waals surface area contributed by atoms with Crippen LogP contribution < -0.4 is 5.32 Å². The minimum Gasteiger partial charge on any atom is -0.318 e. The molecular weight excluding hydrogens is 418 g/mol. The number of nitrogens with one attached hydrogen (secondary N) is 2. The van der Waals surface area contributed by atoms with Crippen LogP contribution in [0.3, 0.4) is 0 Å². The van der Waals surface area contributed by atoms with Crippen LogP contribution >= 0.6 is 0 Å². The number of aromatic nitrogens is 3. The number of fused-ring (bicyclic) bond motifs is 1. The van der Waals surface area contributed by atoms with Crippen LogP contribution in [0.25, 0.3) is 0 Å². The van der Waals surface area contributed by atoms with Crippen molar-refractivity contribution in [1.29, 1.82) is 0 Å². The number of piperazine rings is 1. The first-order chi connectivity index (χ1) is 15.4. The van der Waals surface area contributed by atoms with Crippen molar-refractivity contribution in [2.75, 3.05) is 25.5 Å². The van der Waals surface area contributed by atoms with Gasteiger partial charge in [-0.25, -0.2) is 4.79 Å². The van der Waals surface area contributed by atoms with Crippen molar-refractivity contribution in [2.45, 2.75) is 65.2 Å². The number of urea groups is 1. The van der Waals surface area contributed by atoms with Gasteiger partial charge in [0.1, 0.15) is 5.69 Å². The van der Waals surface area contributed by atoms with E-state index in [9.17, 15) is 9.59 Å². The van der Waals surface area contributed by atoms with Crippen molar-refractivity contribution in [3.05, 3.63) is 41.3 Å². The number of carbonyl (C=O) groups excluding carboxylic acids is 2. The molecule has 2 aromatic heterocycles. The number of hydrogen-bond donors (Lipinski definition) is 2. The van der Waals surface area contributed by atoms with Gasteiger partial charge >= 0.3 is 6.03 Å². The molecule has 0 bridgehead atoms. The molecule has 0 aliphatic carbocycles. The minimum absolute atomic E-state index is 0.0199. The highest BCUT2D eigenvalue weighted by Crippen LogP contribution is 2.42. The molecular formula is C24H35N7O2. The van der Waals surface area contributed by atoms with E-state index in [1.807, 2.05) is 23.6 Å². The van der Waals surface area contributed by atoms with E-state index in [1.165, 1.54) is 0 Å². The van der Waals surface area contributed by atoms with Crippen molar-refractivity contribution in [1.82, 2.24) is 29.9 Å². The van der Waals surface area contributed by atoms with Gasteiger partial charge in [-0.1, -0.05) is 19.9 Å². The van der Waals surface area contributed by atoms with Crippen LogP contribution in [0.5, 0.6) is 0 Å². The number of aromatic amines is 1. The Balaban J connectivity index is 1.59. The third kappa shape index (κ3) is 3.99. The smallest absolute Gasteiger partial charge is 0.318 e. The number of pyridine rings is 1. The van der Waals surface area contributed by atoms with Crippen molar-refractivity contribution >= 4 is 17.8 Å². The Kier molecular flexibility index (Phi) is 5.72. The van der Waals surface area contributed by atoms with Gasteiger partial charge in [0.05, 0.1) is 17.8 Å². The van der Waals surface area contributed by atoms with E-state index in [0.717, 1.165) is 17.8 Å². The van der Waals surface area contributed by atoms with Gasteiger partial charge in [0.2, 0.25) is 0 Å². The fourth-order valence-corrected chi connectivity index (χ4v) is 4.81. The summed E-state index contributed by atoms with van der Waals surface area (Å²) in [6, 6.07) is 5.34. The third-order valence-corrected chi connectivity index (χ3v) is 7.30. The third-order valence-electron chi connectivity index (χ3n) is 7.30. The maximum atomic E-state index is 13.9. The summed E-state index contributed by atoms with van der Waals surface area (Å²) < 4.78 is 0. The molecule has 1 atom stereocenters. The molecule has 3 amide bonds. The maximum absolute atomic E-state index is 13.9. The Morgan fingerprint density at radius 1 is 1.21 bits per heavy atom. The van der Waals surface area contributed by atoms with Gasteiger partial charge in [-0.15, -0.1) is 0 Å². The topological polar surface area (TPSA) is 97.5 Å². The van der Waals surface area contributed by atoms with Gasteiger partial charge in [0.25, 0.3) is 5.91 Å². The van der Waals surface area contributed by atoms with E-state index in [0.29, 0.717) is 30.5 Å². The molecule has 4 heterocycles. The lowest BCUT2D eigenvalue weighted by Gasteiger charge is -2.52. The highest BCUT2D eigenvalue weighted by atomic mass is 16.2. The number of carbonyl (C=O) groups is 2. The Morgan fingerprint density at radius 3 is 2.58 bits per heavy atom. The average Bonchev–Trinajstić information content (AvgIpc) is 3.27. The first-order valence-corrected chi connectivity index (χ1v) is 11.5. The second-order valence-electron chi connectivity index (χ2n) is 10.7. The van der Waals surface area contributed by atoms with Gasteiger partial charge in [0, 0.05) is 36.4 Å². The zero-order valence-corrected chi connectivity index (χ0v) is 20.6. The summed E-state index contributed by atoms with van der Waals surface area (Å²) in [5.41, 5.74) is 1.32. The lowest BCUT2D eigenvalue weighted by molar-refractivity contribution is -0.0116. The van der Waals surface area contributed by atoms with E-state index in [-0.39, 0.29) is 23.5 Å². The predicted octanol–water partition coefficient (Wildman–Crippen LogP) is 3.28. The summed E-state index contributed by atoms with van der Waals surface area (Å²) in [4.78, 5) is 37.0. The van der Waals surface area contributed by atoms with Crippen LogP contribution in [-0.4, -0.2) is 73.5 Å². The predicted molar refractivity (Wildman–Crippen MR) is 127 cm³/mol. The lowest BCUT2D eigenvalue weighted by atomic mass is 9.91. The van der Waals surface area contributed by atoms with Crippen LogP contribution in [0, 0.1) is 5.92 Å². The lowest BCUT2D eigenvalue weighted by Crippen LogP contribution is -2.66. The van der Waals surface area contributed by atoms with E-state index >= 15 is 0 Å². The molecule has 0 unspecified atom stereocenters. The van der Waals surface area contributed by atoms with Crippen LogP contribution in [0.15, 0.2) is 24.4 Å². The van der Waals surface area contributed by atoms with Crippen molar-refractivity contribution in [2.24, 2.45) is 5.92 Å². The van der Waals surface area contributed by atoms with Gasteiger partial charge in [-0.2, -0.15) is 5.10 Å². The summed E-state index contributed by atoms with van der Waals surface area (Å²) in [5.74, 6) is 0.460. The molecule has 0 spiro atoms. The van der Waals surface area contributed by atoms with Gasteiger partial charge in [-0.3, -0.25) is 19.8 Å². The average molecular weight is 454 g/mol. The molecule has 1 fully saturated rings. The van der Waals surface area contributed by atoms with Crippen molar-refractivity contribution in [3.8, 4) is 0 Å². The molecule has 9 heteroatoms. The number of amides is 3.